The molecule has 9 heteroatoms. The largest absolute Gasteiger partial charge is 0.478 e. The van der Waals surface area contributed by atoms with Crippen LogP contribution < -0.4 is 19.7 Å². The molecule has 150 valence electrons. The number of aromatic nitrogens is 1. The van der Waals surface area contributed by atoms with Crippen molar-refractivity contribution < 1.29 is 23.0 Å². The van der Waals surface area contributed by atoms with E-state index in [4.69, 9.17) is 16.3 Å². The normalized spacial score (nSPS) is 16.3. The van der Waals surface area contributed by atoms with E-state index in [-0.39, 0.29) is 22.5 Å². The Bertz CT molecular complexity index is 838. The van der Waals surface area contributed by atoms with E-state index < -0.39 is 12.5 Å². The number of anilines is 1. The van der Waals surface area contributed by atoms with Crippen LogP contribution in [0.15, 0.2) is 36.4 Å². The van der Waals surface area contributed by atoms with Gasteiger partial charge >= 0.3 is 6.61 Å². The summed E-state index contributed by atoms with van der Waals surface area (Å²) in [5.74, 6) is 0.0253. The van der Waals surface area contributed by atoms with E-state index in [0.29, 0.717) is 37.7 Å². The maximum absolute atomic E-state index is 12.6. The van der Waals surface area contributed by atoms with Gasteiger partial charge in [0.2, 0.25) is 5.88 Å². The summed E-state index contributed by atoms with van der Waals surface area (Å²) < 4.78 is 35.1. The maximum Gasteiger partial charge on any atom is 0.387 e. The molecular weight excluding hydrogens is 392 g/mol. The number of carbonyl (C=O) groups is 1. The Morgan fingerprint density at radius 3 is 2.89 bits per heavy atom. The monoisotopic (exact) mass is 411 g/mol. The van der Waals surface area contributed by atoms with E-state index in [1.165, 1.54) is 6.07 Å². The van der Waals surface area contributed by atoms with Crippen molar-refractivity contribution in [2.24, 2.45) is 0 Å². The second-order valence-electron chi connectivity index (χ2n) is 6.16. The van der Waals surface area contributed by atoms with Crippen molar-refractivity contribution in [3.63, 3.8) is 0 Å². The summed E-state index contributed by atoms with van der Waals surface area (Å²) in [4.78, 5) is 18.6. The zero-order valence-corrected chi connectivity index (χ0v) is 16.0. The van der Waals surface area contributed by atoms with Crippen molar-refractivity contribution in [1.29, 1.82) is 0 Å². The minimum absolute atomic E-state index is 0.0903. The first-order valence-electron chi connectivity index (χ1n) is 8.87. The molecule has 28 heavy (non-hydrogen) atoms. The second kappa shape index (κ2) is 9.05. The molecule has 6 nitrogen and oxygen atoms in total. The van der Waals surface area contributed by atoms with Gasteiger partial charge in [-0.05, 0) is 31.5 Å². The highest BCUT2D eigenvalue weighted by molar-refractivity contribution is 6.33. The van der Waals surface area contributed by atoms with E-state index in [9.17, 15) is 13.6 Å². The first-order valence-corrected chi connectivity index (χ1v) is 9.24. The highest BCUT2D eigenvalue weighted by Crippen LogP contribution is 2.32. The second-order valence-corrected chi connectivity index (χ2v) is 6.57. The predicted molar refractivity (Wildman–Crippen MR) is 102 cm³/mol. The van der Waals surface area contributed by atoms with Crippen LogP contribution in [0.2, 0.25) is 5.02 Å². The quantitative estimate of drug-likeness (QED) is 0.752. The number of halogens is 3. The van der Waals surface area contributed by atoms with Gasteiger partial charge in [0.1, 0.15) is 5.75 Å². The topological polar surface area (TPSA) is 63.7 Å². The van der Waals surface area contributed by atoms with E-state index in [1.54, 1.807) is 30.3 Å². The van der Waals surface area contributed by atoms with Gasteiger partial charge in [0.05, 0.1) is 17.3 Å². The molecule has 1 fully saturated rings. The van der Waals surface area contributed by atoms with Crippen LogP contribution >= 0.6 is 11.6 Å². The number of benzene rings is 1. The van der Waals surface area contributed by atoms with Gasteiger partial charge in [0.25, 0.3) is 5.91 Å². The highest BCUT2D eigenvalue weighted by atomic mass is 35.5. The number of hydrogen-bond acceptors (Lipinski definition) is 5. The van der Waals surface area contributed by atoms with Crippen molar-refractivity contribution in [1.82, 2.24) is 10.3 Å². The van der Waals surface area contributed by atoms with E-state index >= 15 is 0 Å². The fourth-order valence-corrected chi connectivity index (χ4v) is 3.27. The molecule has 1 aromatic heterocycles. The van der Waals surface area contributed by atoms with Gasteiger partial charge < -0.3 is 19.7 Å². The average molecular weight is 412 g/mol. The van der Waals surface area contributed by atoms with Crippen molar-refractivity contribution in [2.75, 3.05) is 24.6 Å². The van der Waals surface area contributed by atoms with E-state index in [2.05, 4.69) is 15.0 Å². The van der Waals surface area contributed by atoms with Crippen molar-refractivity contribution in [3.05, 3.63) is 47.1 Å². The molecule has 0 saturated carbocycles. The summed E-state index contributed by atoms with van der Waals surface area (Å²) >= 11 is 6.09. The number of alkyl halides is 2. The lowest BCUT2D eigenvalue weighted by Crippen LogP contribution is -2.37. The predicted octanol–water partition coefficient (Wildman–Crippen LogP) is 3.74. The van der Waals surface area contributed by atoms with Crippen LogP contribution in [0.5, 0.6) is 11.6 Å². The highest BCUT2D eigenvalue weighted by Gasteiger charge is 2.27. The molecule has 1 saturated heterocycles. The van der Waals surface area contributed by atoms with Crippen LogP contribution in [0, 0.1) is 0 Å². The molecule has 1 amide bonds. The Balaban J connectivity index is 1.67. The molecule has 1 atom stereocenters. The van der Waals surface area contributed by atoms with Gasteiger partial charge in [0, 0.05) is 25.2 Å². The van der Waals surface area contributed by atoms with Gasteiger partial charge in [-0.25, -0.2) is 4.98 Å². The van der Waals surface area contributed by atoms with Crippen LogP contribution in [-0.4, -0.2) is 43.2 Å². The summed E-state index contributed by atoms with van der Waals surface area (Å²) in [6.07, 6.45) is 0.650. The molecule has 1 aromatic carbocycles. The third-order valence-electron chi connectivity index (χ3n) is 4.27. The molecule has 2 aromatic rings. The van der Waals surface area contributed by atoms with E-state index in [1.807, 2.05) is 11.8 Å². The Hall–Kier alpha value is -2.61. The molecule has 1 unspecified atom stereocenters. The number of pyridine rings is 1. The van der Waals surface area contributed by atoms with Crippen molar-refractivity contribution >= 4 is 23.2 Å². The first-order chi connectivity index (χ1) is 13.5. The van der Waals surface area contributed by atoms with Gasteiger partial charge in [0.15, 0.2) is 5.69 Å². The van der Waals surface area contributed by atoms with Crippen molar-refractivity contribution in [2.45, 2.75) is 26.0 Å². The van der Waals surface area contributed by atoms with Gasteiger partial charge in [-0.2, -0.15) is 8.78 Å². The standard InChI is InChI=1S/C19H20ClF2N3O3/c1-2-27-16-8-7-13(20)17(24-16)18(26)23-12-9-10-25(11-12)14-5-3-4-6-15(14)28-19(21)22/h3-8,12,19H,2,9-11H2,1H3,(H,23,26). The lowest BCUT2D eigenvalue weighted by molar-refractivity contribution is -0.0495. The lowest BCUT2D eigenvalue weighted by atomic mass is 10.2. The van der Waals surface area contributed by atoms with Crippen LogP contribution in [0.1, 0.15) is 23.8 Å². The van der Waals surface area contributed by atoms with Gasteiger partial charge in [-0.3, -0.25) is 4.79 Å². The fourth-order valence-electron chi connectivity index (χ4n) is 3.08. The van der Waals surface area contributed by atoms with E-state index in [0.717, 1.165) is 0 Å². The number of hydrogen-bond donors (Lipinski definition) is 1. The Kier molecular flexibility index (Phi) is 6.51. The molecule has 0 spiro atoms. The number of nitrogens with zero attached hydrogens (tertiary/aromatic N) is 2. The Labute approximate surface area is 166 Å². The van der Waals surface area contributed by atoms with Crippen LogP contribution in [0.3, 0.4) is 0 Å². The number of carbonyl (C=O) groups excluding carboxylic acids is 1. The molecule has 1 aliphatic heterocycles. The van der Waals surface area contributed by atoms with Crippen LogP contribution in [0.25, 0.3) is 0 Å². The molecule has 0 aliphatic carbocycles. The Morgan fingerprint density at radius 2 is 2.14 bits per heavy atom. The molecule has 2 heterocycles. The van der Waals surface area contributed by atoms with Gasteiger partial charge in [-0.15, -0.1) is 0 Å². The summed E-state index contributed by atoms with van der Waals surface area (Å²) in [6.45, 7) is 0.393. The third-order valence-corrected chi connectivity index (χ3v) is 4.58. The minimum Gasteiger partial charge on any atom is -0.478 e. The Morgan fingerprint density at radius 1 is 1.36 bits per heavy atom. The van der Waals surface area contributed by atoms with Crippen LogP contribution in [-0.2, 0) is 0 Å². The summed E-state index contributed by atoms with van der Waals surface area (Å²) in [7, 11) is 0. The van der Waals surface area contributed by atoms with Crippen molar-refractivity contribution in [3.8, 4) is 11.6 Å². The fraction of sp³-hybridized carbons (Fsp3) is 0.368. The number of ether oxygens (including phenoxy) is 2. The number of amides is 1. The number of nitrogens with one attached hydrogen (secondary N) is 1. The minimum atomic E-state index is -2.90. The molecule has 0 radical (unpaired) electrons. The zero-order valence-electron chi connectivity index (χ0n) is 15.2. The third kappa shape index (κ3) is 4.81. The lowest BCUT2D eigenvalue weighted by Gasteiger charge is -2.22. The molecule has 3 rings (SSSR count). The molecule has 1 N–H and O–H groups in total. The number of para-hydroxylation sites is 2. The maximum atomic E-state index is 12.6. The summed E-state index contributed by atoms with van der Waals surface area (Å²) in [5.41, 5.74) is 0.654. The van der Waals surface area contributed by atoms with Crippen LogP contribution in [0.4, 0.5) is 14.5 Å². The molecular formula is C19H20ClF2N3O3. The zero-order chi connectivity index (χ0) is 20.1. The average Bonchev–Trinajstić information content (AvgIpc) is 3.11. The SMILES string of the molecule is CCOc1ccc(Cl)c(C(=O)NC2CCN(c3ccccc3OC(F)F)C2)n1. The summed E-state index contributed by atoms with van der Waals surface area (Å²) in [6, 6.07) is 9.58. The smallest absolute Gasteiger partial charge is 0.387 e. The van der Waals surface area contributed by atoms with Gasteiger partial charge in [-0.1, -0.05) is 23.7 Å². The molecule has 1 aliphatic rings. The first kappa shape index (κ1) is 20.1. The summed E-state index contributed by atoms with van der Waals surface area (Å²) in [5, 5.41) is 3.12. The molecule has 0 bridgehead atoms. The number of rotatable bonds is 7.